The number of amides is 3. The molecule has 2 aliphatic rings. The lowest BCUT2D eigenvalue weighted by atomic mass is 9.91. The first-order valence-electron chi connectivity index (χ1n) is 10.4. The van der Waals surface area contributed by atoms with Crippen LogP contribution in [-0.2, 0) is 20.6 Å². The van der Waals surface area contributed by atoms with Crippen molar-refractivity contribution in [2.75, 3.05) is 6.54 Å². The van der Waals surface area contributed by atoms with Gasteiger partial charge in [0.05, 0.1) is 0 Å². The van der Waals surface area contributed by atoms with Crippen LogP contribution >= 0.6 is 0 Å². The van der Waals surface area contributed by atoms with E-state index in [0.29, 0.717) is 19.4 Å². The summed E-state index contributed by atoms with van der Waals surface area (Å²) < 4.78 is 38.3. The highest BCUT2D eigenvalue weighted by Gasteiger charge is 2.36. The van der Waals surface area contributed by atoms with Crippen molar-refractivity contribution in [2.45, 2.75) is 56.8 Å². The minimum atomic E-state index is -4.65. The molecule has 5 N–H and O–H groups in total. The molecule has 2 heterocycles. The monoisotopic (exact) mass is 458 g/mol. The van der Waals surface area contributed by atoms with E-state index in [1.165, 1.54) is 0 Å². The largest absolute Gasteiger partial charge is 0.480 e. The molecule has 1 aromatic rings. The van der Waals surface area contributed by atoms with Crippen molar-refractivity contribution >= 4 is 23.7 Å². The zero-order valence-electron chi connectivity index (χ0n) is 17.1. The number of rotatable bonds is 9. The van der Waals surface area contributed by atoms with E-state index in [9.17, 15) is 37.5 Å². The van der Waals surface area contributed by atoms with Gasteiger partial charge >= 0.3 is 12.1 Å². The second-order valence-electron chi connectivity index (χ2n) is 8.25. The average molecular weight is 458 g/mol. The third-order valence-corrected chi connectivity index (χ3v) is 5.66. The van der Waals surface area contributed by atoms with Gasteiger partial charge in [-0.15, -0.1) is 0 Å². The maximum absolute atomic E-state index is 12.8. The van der Waals surface area contributed by atoms with Gasteiger partial charge in [0.2, 0.25) is 11.8 Å². The van der Waals surface area contributed by atoms with Gasteiger partial charge in [-0.1, -0.05) is 12.8 Å². The van der Waals surface area contributed by atoms with Gasteiger partial charge in [-0.05, 0) is 43.7 Å². The fourth-order valence-electron chi connectivity index (χ4n) is 3.69. The molecule has 32 heavy (non-hydrogen) atoms. The zero-order chi connectivity index (χ0) is 23.5. The van der Waals surface area contributed by atoms with Crippen molar-refractivity contribution in [1.82, 2.24) is 20.9 Å². The summed E-state index contributed by atoms with van der Waals surface area (Å²) in [5.74, 6) is -3.63. The molecule has 2 fully saturated rings. The number of hydrogen-bond donors (Lipinski definition) is 5. The Labute approximate surface area is 181 Å². The lowest BCUT2D eigenvalue weighted by Gasteiger charge is -2.26. The number of carboxylic acids is 1. The first kappa shape index (κ1) is 23.6. The fourth-order valence-corrected chi connectivity index (χ4v) is 3.69. The SMILES string of the molecule is O=C(NC(CC1CC1)C(=O)NC(CC1CCCNC1=O)C(=O)O)c1ccc(C(F)(F)F)[nH]1. The molecule has 0 spiro atoms. The number of hydrogen-bond acceptors (Lipinski definition) is 4. The molecule has 1 aliphatic heterocycles. The number of alkyl halides is 3. The van der Waals surface area contributed by atoms with Crippen LogP contribution in [0.25, 0.3) is 0 Å². The van der Waals surface area contributed by atoms with E-state index in [2.05, 4.69) is 16.0 Å². The van der Waals surface area contributed by atoms with Crippen molar-refractivity contribution in [2.24, 2.45) is 11.8 Å². The summed E-state index contributed by atoms with van der Waals surface area (Å²) in [7, 11) is 0. The molecule has 1 aliphatic carbocycles. The van der Waals surface area contributed by atoms with Gasteiger partial charge < -0.3 is 26.0 Å². The predicted octanol–water partition coefficient (Wildman–Crippen LogP) is 1.42. The van der Waals surface area contributed by atoms with E-state index in [-0.39, 0.29) is 30.4 Å². The highest BCUT2D eigenvalue weighted by Crippen LogP contribution is 2.34. The van der Waals surface area contributed by atoms with Gasteiger partial charge in [0, 0.05) is 12.5 Å². The molecule has 12 heteroatoms. The maximum Gasteiger partial charge on any atom is 0.431 e. The quantitative estimate of drug-likeness (QED) is 0.381. The van der Waals surface area contributed by atoms with Crippen LogP contribution in [0.1, 0.15) is 54.7 Å². The Morgan fingerprint density at radius 1 is 1.09 bits per heavy atom. The summed E-state index contributed by atoms with van der Waals surface area (Å²) in [6, 6.07) is -0.765. The van der Waals surface area contributed by atoms with Crippen LogP contribution < -0.4 is 16.0 Å². The van der Waals surface area contributed by atoms with E-state index in [0.717, 1.165) is 25.0 Å². The molecule has 3 atom stereocenters. The summed E-state index contributed by atoms with van der Waals surface area (Å²) in [6.45, 7) is 0.518. The maximum atomic E-state index is 12.8. The van der Waals surface area contributed by atoms with Crippen molar-refractivity contribution in [3.05, 3.63) is 23.5 Å². The van der Waals surface area contributed by atoms with E-state index >= 15 is 0 Å². The number of aliphatic carboxylic acids is 1. The molecule has 3 rings (SSSR count). The first-order chi connectivity index (χ1) is 15.0. The van der Waals surface area contributed by atoms with Crippen molar-refractivity contribution in [3.63, 3.8) is 0 Å². The highest BCUT2D eigenvalue weighted by atomic mass is 19.4. The van der Waals surface area contributed by atoms with Gasteiger partial charge in [-0.25, -0.2) is 4.79 Å². The molecule has 1 aromatic heterocycles. The first-order valence-corrected chi connectivity index (χ1v) is 10.4. The van der Waals surface area contributed by atoms with Gasteiger partial charge in [0.15, 0.2) is 0 Å². The molecule has 3 unspecified atom stereocenters. The number of nitrogens with one attached hydrogen (secondary N) is 4. The van der Waals surface area contributed by atoms with Crippen molar-refractivity contribution < 1.29 is 37.5 Å². The number of aromatic amines is 1. The summed E-state index contributed by atoms with van der Waals surface area (Å²) in [4.78, 5) is 50.8. The molecule has 3 amide bonds. The smallest absolute Gasteiger partial charge is 0.431 e. The molecule has 1 saturated heterocycles. The Balaban J connectivity index is 1.66. The highest BCUT2D eigenvalue weighted by molar-refractivity contribution is 5.97. The van der Waals surface area contributed by atoms with Crippen LogP contribution in [0.3, 0.4) is 0 Å². The number of halogens is 3. The van der Waals surface area contributed by atoms with Crippen LogP contribution in [0.2, 0.25) is 0 Å². The Hall–Kier alpha value is -3.05. The normalized spacial score (nSPS) is 20.7. The summed E-state index contributed by atoms with van der Waals surface area (Å²) >= 11 is 0. The standard InChI is InChI=1S/C20H25F3N4O5/c21-20(22,23)15-6-5-12(25-15)17(29)26-13(8-10-3-4-10)18(30)27-14(19(31)32)9-11-2-1-7-24-16(11)28/h5-6,10-11,13-14,25H,1-4,7-9H2,(H,24,28)(H,26,29)(H,27,30)(H,31,32). The zero-order valence-corrected chi connectivity index (χ0v) is 17.1. The van der Waals surface area contributed by atoms with Crippen LogP contribution in [0.4, 0.5) is 13.2 Å². The molecule has 1 saturated carbocycles. The predicted molar refractivity (Wildman–Crippen MR) is 104 cm³/mol. The van der Waals surface area contributed by atoms with E-state index < -0.39 is 47.7 Å². The number of carbonyl (C=O) groups excluding carboxylic acids is 3. The Kier molecular flexibility index (Phi) is 7.09. The Morgan fingerprint density at radius 2 is 1.81 bits per heavy atom. The summed E-state index contributed by atoms with van der Waals surface area (Å²) in [5, 5.41) is 17.0. The number of carbonyl (C=O) groups is 4. The van der Waals surface area contributed by atoms with E-state index in [1.54, 1.807) is 0 Å². The van der Waals surface area contributed by atoms with E-state index in [4.69, 9.17) is 0 Å². The molecule has 0 aromatic carbocycles. The number of H-pyrrole nitrogens is 1. The number of carboxylic acid groups (broad SMARTS) is 1. The molecule has 176 valence electrons. The van der Waals surface area contributed by atoms with Gasteiger partial charge in [-0.2, -0.15) is 13.2 Å². The molecule has 0 radical (unpaired) electrons. The molecular weight excluding hydrogens is 433 g/mol. The summed E-state index contributed by atoms with van der Waals surface area (Å²) in [6.07, 6.45) is -1.63. The number of aromatic nitrogens is 1. The van der Waals surface area contributed by atoms with Gasteiger partial charge in [-0.3, -0.25) is 14.4 Å². The van der Waals surface area contributed by atoms with Gasteiger partial charge in [0.25, 0.3) is 5.91 Å². The van der Waals surface area contributed by atoms with Crippen LogP contribution in [0.15, 0.2) is 12.1 Å². The third-order valence-electron chi connectivity index (χ3n) is 5.66. The second-order valence-corrected chi connectivity index (χ2v) is 8.25. The minimum absolute atomic E-state index is 0.0947. The number of piperidine rings is 1. The Morgan fingerprint density at radius 3 is 2.38 bits per heavy atom. The van der Waals surface area contributed by atoms with Crippen LogP contribution in [-0.4, -0.2) is 52.4 Å². The molecule has 0 bridgehead atoms. The van der Waals surface area contributed by atoms with E-state index in [1.807, 2.05) is 4.98 Å². The average Bonchev–Trinajstić information content (AvgIpc) is 3.37. The Bertz CT molecular complexity index is 881. The minimum Gasteiger partial charge on any atom is -0.480 e. The van der Waals surface area contributed by atoms with Crippen LogP contribution in [0, 0.1) is 11.8 Å². The fraction of sp³-hybridized carbons (Fsp3) is 0.600. The lowest BCUT2D eigenvalue weighted by Crippen LogP contribution is -2.53. The van der Waals surface area contributed by atoms with Crippen LogP contribution in [0.5, 0.6) is 0 Å². The topological polar surface area (TPSA) is 140 Å². The molecule has 9 nitrogen and oxygen atoms in total. The lowest BCUT2D eigenvalue weighted by molar-refractivity contribution is -0.143. The third kappa shape index (κ3) is 6.24. The molecular formula is C20H25F3N4O5. The summed E-state index contributed by atoms with van der Waals surface area (Å²) in [5.41, 5.74) is -1.46. The van der Waals surface area contributed by atoms with Gasteiger partial charge in [0.1, 0.15) is 23.5 Å². The van der Waals surface area contributed by atoms with Crippen molar-refractivity contribution in [3.8, 4) is 0 Å². The second kappa shape index (κ2) is 9.61. The van der Waals surface area contributed by atoms with Crippen molar-refractivity contribution in [1.29, 1.82) is 0 Å².